The SMILES string of the molecule is CC(=O)C(N=Nc1cc(C(=O)Nc2ccccc2)ccc1Cl)C(=O)Nc1ccc(NC(=O)C(N=Nc2cc(C(=O)Nc3ccccc3)ccc2Cl)C(C)=O)c(Cl)c1Cl. The maximum atomic E-state index is 13.2. The predicted octanol–water partition coefficient (Wildman–Crippen LogP) is 10.2. The van der Waals surface area contributed by atoms with Crippen molar-refractivity contribution >= 4 is 116 Å². The number of anilines is 4. The molecule has 294 valence electrons. The molecule has 0 saturated heterocycles. The number of amides is 4. The number of ketones is 2. The second-order valence-corrected chi connectivity index (χ2v) is 13.8. The average Bonchev–Trinajstić information content (AvgIpc) is 3.19. The summed E-state index contributed by atoms with van der Waals surface area (Å²) >= 11 is 25.4. The largest absolute Gasteiger partial charge is 0.322 e. The van der Waals surface area contributed by atoms with E-state index in [0.717, 1.165) is 13.8 Å². The molecule has 14 nitrogen and oxygen atoms in total. The van der Waals surface area contributed by atoms with Gasteiger partial charge in [0.25, 0.3) is 23.6 Å². The number of carbonyl (C=O) groups is 6. The number of halogens is 4. The molecule has 18 heteroatoms. The Hall–Kier alpha value is -6.32. The van der Waals surface area contributed by atoms with Crippen LogP contribution in [0.15, 0.2) is 130 Å². The van der Waals surface area contributed by atoms with Crippen LogP contribution in [-0.4, -0.2) is 47.3 Å². The highest BCUT2D eigenvalue weighted by molar-refractivity contribution is 6.46. The molecule has 0 bridgehead atoms. The number of Topliss-reactive ketones (excluding diaryl/α,β-unsaturated/α-hetero) is 2. The van der Waals surface area contributed by atoms with Crippen LogP contribution in [0.25, 0.3) is 0 Å². The first kappa shape index (κ1) is 42.8. The molecule has 0 aromatic heterocycles. The molecule has 4 N–H and O–H groups in total. The Morgan fingerprint density at radius 1 is 0.483 bits per heavy atom. The van der Waals surface area contributed by atoms with Gasteiger partial charge in [-0.3, -0.25) is 28.8 Å². The Kier molecular flexibility index (Phi) is 14.5. The van der Waals surface area contributed by atoms with Crippen molar-refractivity contribution in [3.8, 4) is 0 Å². The van der Waals surface area contributed by atoms with Crippen molar-refractivity contribution in [3.63, 3.8) is 0 Å². The smallest absolute Gasteiger partial charge is 0.258 e. The van der Waals surface area contributed by atoms with Gasteiger partial charge < -0.3 is 21.3 Å². The van der Waals surface area contributed by atoms with Gasteiger partial charge in [0.1, 0.15) is 11.4 Å². The topological polar surface area (TPSA) is 200 Å². The molecule has 0 radical (unpaired) electrons. The minimum absolute atomic E-state index is 0.0221. The van der Waals surface area contributed by atoms with E-state index in [-0.39, 0.29) is 54.0 Å². The van der Waals surface area contributed by atoms with Crippen LogP contribution in [0.4, 0.5) is 34.1 Å². The Morgan fingerprint density at radius 2 is 0.845 bits per heavy atom. The molecule has 5 aromatic rings. The lowest BCUT2D eigenvalue weighted by Crippen LogP contribution is -2.32. The van der Waals surface area contributed by atoms with Gasteiger partial charge in [-0.25, -0.2) is 0 Å². The Balaban J connectivity index is 1.26. The molecule has 2 atom stereocenters. The molecule has 4 amide bonds. The summed E-state index contributed by atoms with van der Waals surface area (Å²) in [6, 6.07) is 25.2. The zero-order valence-electron chi connectivity index (χ0n) is 30.3. The highest BCUT2D eigenvalue weighted by Gasteiger charge is 2.27. The van der Waals surface area contributed by atoms with Crippen molar-refractivity contribution in [1.82, 2.24) is 0 Å². The summed E-state index contributed by atoms with van der Waals surface area (Å²) in [7, 11) is 0. The average molecular weight is 861 g/mol. The Bertz CT molecular complexity index is 2300. The second kappa shape index (κ2) is 19.7. The van der Waals surface area contributed by atoms with E-state index in [4.69, 9.17) is 46.4 Å². The number of nitrogens with one attached hydrogen (secondary N) is 4. The summed E-state index contributed by atoms with van der Waals surface area (Å²) in [5, 5.41) is 25.9. The predicted molar refractivity (Wildman–Crippen MR) is 223 cm³/mol. The van der Waals surface area contributed by atoms with Crippen molar-refractivity contribution in [3.05, 3.63) is 140 Å². The first-order valence-corrected chi connectivity index (χ1v) is 18.5. The van der Waals surface area contributed by atoms with Crippen LogP contribution in [0.5, 0.6) is 0 Å². The molecule has 0 saturated carbocycles. The second-order valence-electron chi connectivity index (χ2n) is 12.2. The van der Waals surface area contributed by atoms with Gasteiger partial charge in [0.15, 0.2) is 11.6 Å². The fourth-order valence-electron chi connectivity index (χ4n) is 4.93. The highest BCUT2D eigenvalue weighted by atomic mass is 35.5. The van der Waals surface area contributed by atoms with E-state index in [1.165, 1.54) is 48.5 Å². The van der Waals surface area contributed by atoms with Gasteiger partial charge in [-0.15, -0.1) is 0 Å². The van der Waals surface area contributed by atoms with E-state index < -0.39 is 47.3 Å². The third-order valence-corrected chi connectivity index (χ3v) is 9.43. The van der Waals surface area contributed by atoms with Crippen molar-refractivity contribution in [2.24, 2.45) is 20.5 Å². The maximum Gasteiger partial charge on any atom is 0.258 e. The molecule has 0 fully saturated rings. The van der Waals surface area contributed by atoms with Crippen molar-refractivity contribution in [2.45, 2.75) is 25.9 Å². The molecule has 5 rings (SSSR count). The number of carbonyl (C=O) groups excluding carboxylic acids is 6. The standard InChI is InChI=1S/C40H30Cl4N8O6/c1-21(53)35(51-49-31-19-23(13-15-27(31)41)37(55)45-25-9-5-3-6-10-25)39(57)47-29-17-18-30(34(44)33(29)43)48-40(58)36(22(2)54)52-50-32-20-24(14-16-28(32)42)38(56)46-26-11-7-4-8-12-26/h3-20,35-36H,1-2H3,(H,45,55)(H,46,56)(H,47,57)(H,48,58). The van der Waals surface area contributed by atoms with E-state index in [9.17, 15) is 28.8 Å². The first-order chi connectivity index (χ1) is 27.7. The van der Waals surface area contributed by atoms with Crippen LogP contribution in [0.3, 0.4) is 0 Å². The molecular formula is C40H30Cl4N8O6. The van der Waals surface area contributed by atoms with Crippen molar-refractivity contribution < 1.29 is 28.8 Å². The molecule has 2 unspecified atom stereocenters. The third-order valence-electron chi connectivity index (χ3n) is 7.91. The summed E-state index contributed by atoms with van der Waals surface area (Å²) in [5.41, 5.74) is 1.45. The minimum Gasteiger partial charge on any atom is -0.322 e. The minimum atomic E-state index is -1.67. The third kappa shape index (κ3) is 11.2. The molecule has 0 aliphatic carbocycles. The van der Waals surface area contributed by atoms with E-state index in [2.05, 4.69) is 41.7 Å². The maximum absolute atomic E-state index is 13.2. The molecule has 0 aliphatic rings. The zero-order valence-corrected chi connectivity index (χ0v) is 33.3. The van der Waals surface area contributed by atoms with Crippen LogP contribution < -0.4 is 21.3 Å². The number of nitrogens with zero attached hydrogens (tertiary/aromatic N) is 4. The van der Waals surface area contributed by atoms with Crippen LogP contribution in [0, 0.1) is 0 Å². The lowest BCUT2D eigenvalue weighted by Gasteiger charge is -2.15. The summed E-state index contributed by atoms with van der Waals surface area (Å²) < 4.78 is 0. The van der Waals surface area contributed by atoms with E-state index in [0.29, 0.717) is 11.4 Å². The molecule has 5 aromatic carbocycles. The normalized spacial score (nSPS) is 12.1. The lowest BCUT2D eigenvalue weighted by atomic mass is 10.1. The van der Waals surface area contributed by atoms with E-state index in [1.807, 2.05) is 0 Å². The van der Waals surface area contributed by atoms with Crippen LogP contribution in [0.1, 0.15) is 34.6 Å². The number of para-hydroxylation sites is 2. The Morgan fingerprint density at radius 3 is 1.19 bits per heavy atom. The van der Waals surface area contributed by atoms with Gasteiger partial charge in [0.2, 0.25) is 12.1 Å². The van der Waals surface area contributed by atoms with Crippen LogP contribution in [0.2, 0.25) is 20.1 Å². The number of azo groups is 2. The van der Waals surface area contributed by atoms with Crippen LogP contribution in [-0.2, 0) is 19.2 Å². The fraction of sp³-hybridized carbons (Fsp3) is 0.100. The van der Waals surface area contributed by atoms with Gasteiger partial charge in [-0.05, 0) is 86.6 Å². The molecular weight excluding hydrogens is 830 g/mol. The Labute approximate surface area is 351 Å². The number of hydrogen-bond acceptors (Lipinski definition) is 10. The summed E-state index contributed by atoms with van der Waals surface area (Å²) in [4.78, 5) is 77.0. The van der Waals surface area contributed by atoms with Gasteiger partial charge in [0, 0.05) is 22.5 Å². The van der Waals surface area contributed by atoms with Crippen LogP contribution >= 0.6 is 46.4 Å². The molecule has 0 aliphatic heterocycles. The van der Waals surface area contributed by atoms with Gasteiger partial charge in [-0.2, -0.15) is 20.5 Å². The zero-order chi connectivity index (χ0) is 41.9. The number of rotatable bonds is 14. The quantitative estimate of drug-likeness (QED) is 0.0632. The van der Waals surface area contributed by atoms with Gasteiger partial charge in [-0.1, -0.05) is 82.8 Å². The van der Waals surface area contributed by atoms with Gasteiger partial charge in [0.05, 0.1) is 31.5 Å². The fourth-order valence-corrected chi connectivity index (χ4v) is 5.67. The molecule has 0 spiro atoms. The van der Waals surface area contributed by atoms with E-state index in [1.54, 1.807) is 60.7 Å². The number of hydrogen-bond donors (Lipinski definition) is 4. The van der Waals surface area contributed by atoms with Gasteiger partial charge >= 0.3 is 0 Å². The summed E-state index contributed by atoms with van der Waals surface area (Å²) in [5.74, 6) is -4.14. The molecule has 58 heavy (non-hydrogen) atoms. The van der Waals surface area contributed by atoms with E-state index >= 15 is 0 Å². The van der Waals surface area contributed by atoms with Crippen molar-refractivity contribution in [1.29, 1.82) is 0 Å². The monoisotopic (exact) mass is 858 g/mol. The first-order valence-electron chi connectivity index (χ1n) is 17.0. The lowest BCUT2D eigenvalue weighted by molar-refractivity contribution is -0.127. The highest BCUT2D eigenvalue weighted by Crippen LogP contribution is 2.37. The number of benzene rings is 5. The molecule has 0 heterocycles. The summed E-state index contributed by atoms with van der Waals surface area (Å²) in [6.45, 7) is 2.25. The van der Waals surface area contributed by atoms with Crippen molar-refractivity contribution in [2.75, 3.05) is 21.3 Å². The summed E-state index contributed by atoms with van der Waals surface area (Å²) in [6.07, 6.45) is 0.